The zero-order valence-corrected chi connectivity index (χ0v) is 6.24. The van der Waals surface area contributed by atoms with Crippen molar-refractivity contribution in [2.24, 2.45) is 0 Å². The van der Waals surface area contributed by atoms with Gasteiger partial charge in [0.25, 0.3) is 0 Å². The molecule has 0 saturated heterocycles. The summed E-state index contributed by atoms with van der Waals surface area (Å²) in [5.41, 5.74) is 0.520. The molecule has 4 nitrogen and oxygen atoms in total. The number of pyridine rings is 1. The van der Waals surface area contributed by atoms with Gasteiger partial charge in [0, 0.05) is 30.9 Å². The summed E-state index contributed by atoms with van der Waals surface area (Å²) in [6, 6.07) is 1.47. The van der Waals surface area contributed by atoms with E-state index in [4.69, 9.17) is 0 Å². The van der Waals surface area contributed by atoms with E-state index in [0.29, 0.717) is 11.4 Å². The van der Waals surface area contributed by atoms with Crippen molar-refractivity contribution in [3.8, 4) is 11.4 Å². The van der Waals surface area contributed by atoms with Crippen LogP contribution in [0.4, 0.5) is 0 Å². The number of H-pyrrole nitrogens is 2. The summed E-state index contributed by atoms with van der Waals surface area (Å²) < 4.78 is 0. The van der Waals surface area contributed by atoms with E-state index < -0.39 is 0 Å². The summed E-state index contributed by atoms with van der Waals surface area (Å²) in [4.78, 5) is 20.9. The number of rotatable bonds is 1. The Balaban J connectivity index is 2.63. The second-order valence-electron chi connectivity index (χ2n) is 2.36. The first kappa shape index (κ1) is 6.84. The van der Waals surface area contributed by atoms with Gasteiger partial charge >= 0.3 is 0 Å². The third-order valence-electron chi connectivity index (χ3n) is 1.58. The van der Waals surface area contributed by atoms with Gasteiger partial charge in [0.1, 0.15) is 5.82 Å². The highest BCUT2D eigenvalue weighted by atomic mass is 16.1. The van der Waals surface area contributed by atoms with Crippen LogP contribution in [-0.2, 0) is 0 Å². The molecular weight excluding hydrogens is 154 g/mol. The van der Waals surface area contributed by atoms with Crippen molar-refractivity contribution < 1.29 is 0 Å². The SMILES string of the molecule is O=c1cc[nH]cc1-c1ncc[nH]1. The van der Waals surface area contributed by atoms with Crippen LogP contribution in [0.15, 0.2) is 35.6 Å². The molecule has 2 aromatic rings. The van der Waals surface area contributed by atoms with Gasteiger partial charge in [0.2, 0.25) is 0 Å². The van der Waals surface area contributed by atoms with E-state index in [1.165, 1.54) is 6.07 Å². The quantitative estimate of drug-likeness (QED) is 0.648. The molecule has 0 saturated carbocycles. The van der Waals surface area contributed by atoms with Crippen molar-refractivity contribution in [2.45, 2.75) is 0 Å². The smallest absolute Gasteiger partial charge is 0.192 e. The van der Waals surface area contributed by atoms with Gasteiger partial charge in [-0.15, -0.1) is 0 Å². The van der Waals surface area contributed by atoms with Crippen LogP contribution >= 0.6 is 0 Å². The van der Waals surface area contributed by atoms with Crippen molar-refractivity contribution in [1.82, 2.24) is 15.0 Å². The molecule has 2 N–H and O–H groups in total. The number of nitrogens with one attached hydrogen (secondary N) is 2. The van der Waals surface area contributed by atoms with Gasteiger partial charge in [-0.05, 0) is 0 Å². The second-order valence-corrected chi connectivity index (χ2v) is 2.36. The van der Waals surface area contributed by atoms with Crippen LogP contribution in [0.2, 0.25) is 0 Å². The van der Waals surface area contributed by atoms with Crippen LogP contribution in [-0.4, -0.2) is 15.0 Å². The molecule has 60 valence electrons. The Morgan fingerprint density at radius 2 is 2.25 bits per heavy atom. The average molecular weight is 161 g/mol. The van der Waals surface area contributed by atoms with Crippen LogP contribution < -0.4 is 5.43 Å². The van der Waals surface area contributed by atoms with E-state index in [1.807, 2.05) is 0 Å². The summed E-state index contributed by atoms with van der Waals surface area (Å²) in [6.45, 7) is 0. The van der Waals surface area contributed by atoms with Gasteiger partial charge in [0.05, 0.1) is 5.56 Å². The second kappa shape index (κ2) is 2.65. The fraction of sp³-hybridized carbons (Fsp3) is 0. The summed E-state index contributed by atoms with van der Waals surface area (Å²) >= 11 is 0. The van der Waals surface area contributed by atoms with Crippen LogP contribution in [0.5, 0.6) is 0 Å². The Labute approximate surface area is 68.3 Å². The minimum absolute atomic E-state index is 0.0382. The van der Waals surface area contributed by atoms with E-state index in [-0.39, 0.29) is 5.43 Å². The van der Waals surface area contributed by atoms with Gasteiger partial charge < -0.3 is 9.97 Å². The average Bonchev–Trinajstić information content (AvgIpc) is 2.57. The number of aromatic amines is 2. The number of nitrogens with zero attached hydrogens (tertiary/aromatic N) is 1. The van der Waals surface area contributed by atoms with Crippen LogP contribution in [0.1, 0.15) is 0 Å². The molecule has 4 heteroatoms. The molecule has 0 fully saturated rings. The topological polar surface area (TPSA) is 61.5 Å². The van der Waals surface area contributed by atoms with Crippen LogP contribution in [0, 0.1) is 0 Å². The zero-order chi connectivity index (χ0) is 8.39. The van der Waals surface area contributed by atoms with E-state index >= 15 is 0 Å². The van der Waals surface area contributed by atoms with Crippen LogP contribution in [0.25, 0.3) is 11.4 Å². The van der Waals surface area contributed by atoms with Gasteiger partial charge in [0.15, 0.2) is 5.43 Å². The number of aromatic nitrogens is 3. The highest BCUT2D eigenvalue weighted by Gasteiger charge is 2.01. The minimum Gasteiger partial charge on any atom is -0.367 e. The van der Waals surface area contributed by atoms with Crippen molar-refractivity contribution in [2.75, 3.05) is 0 Å². The minimum atomic E-state index is -0.0382. The Morgan fingerprint density at radius 3 is 2.92 bits per heavy atom. The third-order valence-corrected chi connectivity index (χ3v) is 1.58. The molecule has 0 aromatic carbocycles. The fourth-order valence-corrected chi connectivity index (χ4v) is 1.01. The predicted molar refractivity (Wildman–Crippen MR) is 44.6 cm³/mol. The Bertz CT molecular complexity index is 416. The van der Waals surface area contributed by atoms with Crippen molar-refractivity contribution >= 4 is 0 Å². The number of imidazole rings is 1. The Morgan fingerprint density at radius 1 is 1.33 bits per heavy atom. The normalized spacial score (nSPS) is 10.0. The maximum atomic E-state index is 11.2. The molecular formula is C8H7N3O. The summed E-state index contributed by atoms with van der Waals surface area (Å²) in [5, 5.41) is 0. The molecule has 0 amide bonds. The van der Waals surface area contributed by atoms with E-state index in [9.17, 15) is 4.79 Å². The molecule has 0 aliphatic rings. The first-order valence-electron chi connectivity index (χ1n) is 3.55. The summed E-state index contributed by atoms with van der Waals surface area (Å²) in [6.07, 6.45) is 6.51. The van der Waals surface area contributed by atoms with Crippen LogP contribution in [0.3, 0.4) is 0 Å². The van der Waals surface area contributed by atoms with E-state index in [0.717, 1.165) is 0 Å². The molecule has 0 bridgehead atoms. The molecule has 0 aliphatic carbocycles. The molecule has 0 aliphatic heterocycles. The number of hydrogen-bond donors (Lipinski definition) is 2. The van der Waals surface area contributed by atoms with Gasteiger partial charge in [-0.2, -0.15) is 0 Å². The lowest BCUT2D eigenvalue weighted by Gasteiger charge is -1.92. The lowest BCUT2D eigenvalue weighted by atomic mass is 10.3. The summed E-state index contributed by atoms with van der Waals surface area (Å²) in [7, 11) is 0. The first-order valence-corrected chi connectivity index (χ1v) is 3.55. The highest BCUT2D eigenvalue weighted by molar-refractivity contribution is 5.52. The predicted octanol–water partition coefficient (Wildman–Crippen LogP) is 0.765. The van der Waals surface area contributed by atoms with E-state index in [1.54, 1.807) is 24.8 Å². The standard InChI is InChI=1S/C8H7N3O/c12-7-1-2-9-5-6(7)8-10-3-4-11-8/h1-5H,(H,9,12)(H,10,11). The molecule has 2 heterocycles. The molecule has 2 rings (SSSR count). The zero-order valence-electron chi connectivity index (χ0n) is 6.24. The molecule has 12 heavy (non-hydrogen) atoms. The highest BCUT2D eigenvalue weighted by Crippen LogP contribution is 2.05. The molecule has 0 spiro atoms. The molecule has 2 aromatic heterocycles. The summed E-state index contributed by atoms with van der Waals surface area (Å²) in [5.74, 6) is 0.594. The largest absolute Gasteiger partial charge is 0.367 e. The van der Waals surface area contributed by atoms with Crippen molar-refractivity contribution in [1.29, 1.82) is 0 Å². The maximum Gasteiger partial charge on any atom is 0.192 e. The Hall–Kier alpha value is -1.84. The lowest BCUT2D eigenvalue weighted by molar-refractivity contribution is 1.24. The number of hydrogen-bond acceptors (Lipinski definition) is 2. The monoisotopic (exact) mass is 161 g/mol. The molecule has 0 atom stereocenters. The maximum absolute atomic E-state index is 11.2. The molecule has 0 unspecified atom stereocenters. The Kier molecular flexibility index (Phi) is 1.51. The van der Waals surface area contributed by atoms with Crippen molar-refractivity contribution in [3.05, 3.63) is 41.1 Å². The van der Waals surface area contributed by atoms with E-state index in [2.05, 4.69) is 15.0 Å². The first-order chi connectivity index (χ1) is 5.88. The van der Waals surface area contributed by atoms with Crippen molar-refractivity contribution in [3.63, 3.8) is 0 Å². The fourth-order valence-electron chi connectivity index (χ4n) is 1.01. The third kappa shape index (κ3) is 1.03. The van der Waals surface area contributed by atoms with Gasteiger partial charge in [-0.3, -0.25) is 4.79 Å². The molecule has 0 radical (unpaired) electrons. The van der Waals surface area contributed by atoms with Gasteiger partial charge in [-0.1, -0.05) is 0 Å². The lowest BCUT2D eigenvalue weighted by Crippen LogP contribution is -2.03. The van der Waals surface area contributed by atoms with Gasteiger partial charge in [-0.25, -0.2) is 4.98 Å².